The molecule has 0 aromatic heterocycles. The van der Waals surface area contributed by atoms with Crippen LogP contribution >= 0.6 is 0 Å². The average molecular weight is 346 g/mol. The highest BCUT2D eigenvalue weighted by molar-refractivity contribution is 5.96. The number of carbonyl (C=O) groups excluding carboxylic acids is 3. The molecule has 2 saturated carbocycles. The van der Waals surface area contributed by atoms with Crippen molar-refractivity contribution >= 4 is 17.9 Å². The Kier molecular flexibility index (Phi) is 5.06. The van der Waals surface area contributed by atoms with Crippen LogP contribution in [-0.2, 0) is 14.3 Å². The molecule has 0 radical (unpaired) electrons. The van der Waals surface area contributed by atoms with Gasteiger partial charge in [0.05, 0.1) is 25.3 Å². The third-order valence-electron chi connectivity index (χ3n) is 5.29. The number of esters is 3. The normalized spacial score (nSPS) is 24.0. The van der Waals surface area contributed by atoms with Crippen molar-refractivity contribution in [3.8, 4) is 5.75 Å². The summed E-state index contributed by atoms with van der Waals surface area (Å²) >= 11 is 0. The zero-order valence-electron chi connectivity index (χ0n) is 14.4. The van der Waals surface area contributed by atoms with Crippen molar-refractivity contribution in [2.75, 3.05) is 14.2 Å². The van der Waals surface area contributed by atoms with Crippen molar-refractivity contribution in [3.63, 3.8) is 0 Å². The second-order valence-electron chi connectivity index (χ2n) is 6.84. The molecule has 25 heavy (non-hydrogen) atoms. The van der Waals surface area contributed by atoms with Crippen LogP contribution in [0.4, 0.5) is 0 Å². The van der Waals surface area contributed by atoms with Gasteiger partial charge in [0.1, 0.15) is 5.75 Å². The molecule has 1 aromatic carbocycles. The standard InChI is InChI=1S/C19H22O6/c1-23-18(21)14-7-15(19(22)24-2)9-16(8-14)25-17(20)10-13-6-11-3-4-12(13)5-11/h7-9,11-13H,3-6,10H2,1-2H3/t11-,12-,13-/m1/s1. The van der Waals surface area contributed by atoms with Crippen molar-refractivity contribution in [2.24, 2.45) is 17.8 Å². The molecular formula is C19H22O6. The Bertz CT molecular complexity index is 661. The summed E-state index contributed by atoms with van der Waals surface area (Å²) in [5, 5.41) is 0. The molecule has 2 fully saturated rings. The fraction of sp³-hybridized carbons (Fsp3) is 0.526. The van der Waals surface area contributed by atoms with Gasteiger partial charge in [0.2, 0.25) is 0 Å². The molecule has 0 saturated heterocycles. The molecule has 0 N–H and O–H groups in total. The van der Waals surface area contributed by atoms with Gasteiger partial charge >= 0.3 is 17.9 Å². The number of benzene rings is 1. The van der Waals surface area contributed by atoms with Crippen LogP contribution in [0.2, 0.25) is 0 Å². The minimum absolute atomic E-state index is 0.133. The Balaban J connectivity index is 1.72. The van der Waals surface area contributed by atoms with E-state index in [0.717, 1.165) is 12.3 Å². The first-order valence-electron chi connectivity index (χ1n) is 8.52. The molecule has 6 nitrogen and oxygen atoms in total. The first-order chi connectivity index (χ1) is 12.0. The van der Waals surface area contributed by atoms with Gasteiger partial charge in [0.15, 0.2) is 0 Å². The number of methoxy groups -OCH3 is 2. The zero-order chi connectivity index (χ0) is 18.0. The van der Waals surface area contributed by atoms with E-state index in [1.54, 1.807) is 0 Å². The van der Waals surface area contributed by atoms with Crippen molar-refractivity contribution in [1.82, 2.24) is 0 Å². The summed E-state index contributed by atoms with van der Waals surface area (Å²) in [6.07, 6.45) is 5.17. The lowest BCUT2D eigenvalue weighted by molar-refractivity contribution is -0.135. The van der Waals surface area contributed by atoms with Crippen molar-refractivity contribution in [3.05, 3.63) is 29.3 Å². The van der Waals surface area contributed by atoms with E-state index >= 15 is 0 Å². The number of rotatable bonds is 5. The Morgan fingerprint density at radius 1 is 0.960 bits per heavy atom. The first kappa shape index (κ1) is 17.5. The smallest absolute Gasteiger partial charge is 0.338 e. The quantitative estimate of drug-likeness (QED) is 0.602. The van der Waals surface area contributed by atoms with E-state index < -0.39 is 11.9 Å². The van der Waals surface area contributed by atoms with Gasteiger partial charge in [-0.2, -0.15) is 0 Å². The molecule has 3 atom stereocenters. The fourth-order valence-corrected chi connectivity index (χ4v) is 4.14. The van der Waals surface area contributed by atoms with Crippen molar-refractivity contribution in [1.29, 1.82) is 0 Å². The van der Waals surface area contributed by atoms with Crippen LogP contribution in [0.3, 0.4) is 0 Å². The van der Waals surface area contributed by atoms with E-state index in [2.05, 4.69) is 9.47 Å². The summed E-state index contributed by atoms with van der Waals surface area (Å²) in [6.45, 7) is 0. The lowest BCUT2D eigenvalue weighted by atomic mass is 9.86. The molecule has 0 spiro atoms. The lowest BCUT2D eigenvalue weighted by Crippen LogP contribution is -2.19. The molecule has 1 aromatic rings. The summed E-state index contributed by atoms with van der Waals surface area (Å²) in [7, 11) is 2.49. The highest BCUT2D eigenvalue weighted by atomic mass is 16.5. The average Bonchev–Trinajstić information content (AvgIpc) is 3.22. The third-order valence-corrected chi connectivity index (χ3v) is 5.29. The molecule has 0 amide bonds. The van der Waals surface area contributed by atoms with Crippen molar-refractivity contribution in [2.45, 2.75) is 32.1 Å². The molecule has 0 heterocycles. The maximum Gasteiger partial charge on any atom is 0.338 e. The van der Waals surface area contributed by atoms with Gasteiger partial charge in [-0.25, -0.2) is 9.59 Å². The SMILES string of the molecule is COC(=O)c1cc(OC(=O)C[C@H]2C[C@@H]3CC[C@@H]2C3)cc(C(=O)OC)c1. The summed E-state index contributed by atoms with van der Waals surface area (Å²) < 4.78 is 14.7. The molecule has 2 bridgehead atoms. The minimum atomic E-state index is -0.615. The molecule has 134 valence electrons. The lowest BCUT2D eigenvalue weighted by Gasteiger charge is -2.20. The van der Waals surface area contributed by atoms with E-state index in [0.29, 0.717) is 18.3 Å². The van der Waals surface area contributed by atoms with Crippen LogP contribution in [0.15, 0.2) is 18.2 Å². The Labute approximate surface area is 146 Å². The monoisotopic (exact) mass is 346 g/mol. The number of hydrogen-bond donors (Lipinski definition) is 0. The molecule has 6 heteroatoms. The largest absolute Gasteiger partial charge is 0.465 e. The molecular weight excluding hydrogens is 324 g/mol. The first-order valence-corrected chi connectivity index (χ1v) is 8.52. The summed E-state index contributed by atoms with van der Waals surface area (Å²) in [6, 6.07) is 4.15. The van der Waals surface area contributed by atoms with E-state index in [-0.39, 0.29) is 22.8 Å². The van der Waals surface area contributed by atoms with Crippen LogP contribution in [0.1, 0.15) is 52.8 Å². The second kappa shape index (κ2) is 7.25. The fourth-order valence-electron chi connectivity index (χ4n) is 4.14. The van der Waals surface area contributed by atoms with Crippen LogP contribution in [0.25, 0.3) is 0 Å². The van der Waals surface area contributed by atoms with Crippen LogP contribution in [0.5, 0.6) is 5.75 Å². The number of hydrogen-bond acceptors (Lipinski definition) is 6. The molecule has 3 rings (SSSR count). The van der Waals surface area contributed by atoms with Gasteiger partial charge in [-0.15, -0.1) is 0 Å². The van der Waals surface area contributed by atoms with E-state index in [1.165, 1.54) is 51.7 Å². The second-order valence-corrected chi connectivity index (χ2v) is 6.84. The Hall–Kier alpha value is -2.37. The Morgan fingerprint density at radius 2 is 1.60 bits per heavy atom. The van der Waals surface area contributed by atoms with Crippen LogP contribution in [-0.4, -0.2) is 32.1 Å². The molecule has 2 aliphatic carbocycles. The summed E-state index contributed by atoms with van der Waals surface area (Å²) in [5.74, 6) is 0.357. The highest BCUT2D eigenvalue weighted by Crippen LogP contribution is 2.49. The highest BCUT2D eigenvalue weighted by Gasteiger charge is 2.40. The van der Waals surface area contributed by atoms with Gasteiger partial charge < -0.3 is 14.2 Å². The van der Waals surface area contributed by atoms with Gasteiger partial charge in [0.25, 0.3) is 0 Å². The van der Waals surface area contributed by atoms with Crippen LogP contribution < -0.4 is 4.74 Å². The number of carbonyl (C=O) groups is 3. The van der Waals surface area contributed by atoms with Gasteiger partial charge in [-0.3, -0.25) is 4.79 Å². The van der Waals surface area contributed by atoms with Crippen molar-refractivity contribution < 1.29 is 28.6 Å². The minimum Gasteiger partial charge on any atom is -0.465 e. The summed E-state index contributed by atoms with van der Waals surface area (Å²) in [5.41, 5.74) is 0.265. The zero-order valence-corrected chi connectivity index (χ0v) is 14.4. The molecule has 0 unspecified atom stereocenters. The maximum absolute atomic E-state index is 12.3. The van der Waals surface area contributed by atoms with Gasteiger partial charge in [-0.1, -0.05) is 6.42 Å². The number of ether oxygens (including phenoxy) is 3. The van der Waals surface area contributed by atoms with E-state index in [9.17, 15) is 14.4 Å². The van der Waals surface area contributed by atoms with Crippen LogP contribution in [0, 0.1) is 17.8 Å². The van der Waals surface area contributed by atoms with E-state index in [1.807, 2.05) is 0 Å². The van der Waals surface area contributed by atoms with E-state index in [4.69, 9.17) is 4.74 Å². The molecule has 0 aliphatic heterocycles. The van der Waals surface area contributed by atoms with Gasteiger partial charge in [-0.05, 0) is 55.2 Å². The topological polar surface area (TPSA) is 78.9 Å². The predicted molar refractivity (Wildman–Crippen MR) is 88.3 cm³/mol. The summed E-state index contributed by atoms with van der Waals surface area (Å²) in [4.78, 5) is 35.8. The molecule has 2 aliphatic rings. The Morgan fingerprint density at radius 3 is 2.08 bits per heavy atom. The number of fused-ring (bicyclic) bond motifs is 2. The third kappa shape index (κ3) is 3.83. The maximum atomic E-state index is 12.3. The van der Waals surface area contributed by atoms with Gasteiger partial charge in [0, 0.05) is 6.42 Å². The predicted octanol–water partition coefficient (Wildman–Crippen LogP) is 2.99.